The van der Waals surface area contributed by atoms with Gasteiger partial charge in [0.05, 0.1) is 35.0 Å². The molecular weight excluding hydrogens is 588 g/mol. The van der Waals surface area contributed by atoms with Gasteiger partial charge in [0.25, 0.3) is 11.6 Å². The minimum Gasteiger partial charge on any atom is -0.493 e. The van der Waals surface area contributed by atoms with Crippen LogP contribution in [0.4, 0.5) is 5.69 Å². The molecule has 0 radical (unpaired) electrons. The average Bonchev–Trinajstić information content (AvgIpc) is 3.00. The van der Waals surface area contributed by atoms with E-state index in [1.54, 1.807) is 30.3 Å². The Morgan fingerprint density at radius 2 is 1.73 bits per heavy atom. The third-order valence-electron chi connectivity index (χ3n) is 6.22. The number of carbonyl (C=O) groups excluding carboxylic acids is 1. The van der Waals surface area contributed by atoms with Gasteiger partial charge in [-0.25, -0.2) is 10.4 Å². The second kappa shape index (κ2) is 12.4. The van der Waals surface area contributed by atoms with E-state index in [0.717, 1.165) is 16.5 Å². The average molecular weight is 611 g/mol. The van der Waals surface area contributed by atoms with Crippen LogP contribution >= 0.6 is 15.9 Å². The van der Waals surface area contributed by atoms with Gasteiger partial charge in [-0.15, -0.1) is 0 Å². The van der Waals surface area contributed by atoms with E-state index in [0.29, 0.717) is 38.3 Å². The lowest BCUT2D eigenvalue weighted by Crippen LogP contribution is -2.18. The molecule has 0 aliphatic rings. The van der Waals surface area contributed by atoms with Crippen molar-refractivity contribution in [3.8, 4) is 22.8 Å². The van der Waals surface area contributed by atoms with Crippen molar-refractivity contribution in [1.29, 1.82) is 0 Å². The quantitative estimate of drug-likeness (QED) is 0.110. The molecule has 0 spiro atoms. The van der Waals surface area contributed by atoms with Gasteiger partial charge in [0.15, 0.2) is 11.5 Å². The summed E-state index contributed by atoms with van der Waals surface area (Å²) in [6.45, 7) is 0.190. The number of amides is 1. The number of hydrogen-bond acceptors (Lipinski definition) is 7. The van der Waals surface area contributed by atoms with Crippen LogP contribution in [-0.2, 0) is 6.61 Å². The number of benzene rings is 4. The fourth-order valence-corrected chi connectivity index (χ4v) is 4.56. The van der Waals surface area contributed by atoms with Crippen molar-refractivity contribution in [3.63, 3.8) is 0 Å². The van der Waals surface area contributed by atoms with Crippen LogP contribution < -0.4 is 14.9 Å². The SMILES string of the molecule is COc1cc(/C=N/NC(=O)c2cc(-c3ccccc3)nc3ccccc23)c(Br)cc1OCc1ccc([N+](=O)[O-])cc1. The second-order valence-corrected chi connectivity index (χ2v) is 9.73. The summed E-state index contributed by atoms with van der Waals surface area (Å²) in [6, 6.07) is 28.5. The Balaban J connectivity index is 1.33. The second-order valence-electron chi connectivity index (χ2n) is 8.87. The Morgan fingerprint density at radius 3 is 2.46 bits per heavy atom. The van der Waals surface area contributed by atoms with Crippen molar-refractivity contribution in [3.05, 3.63) is 128 Å². The lowest BCUT2D eigenvalue weighted by atomic mass is 10.0. The fraction of sp³-hybridized carbons (Fsp3) is 0.0645. The molecular formula is C31H23BrN4O5. The highest BCUT2D eigenvalue weighted by Crippen LogP contribution is 2.33. The maximum Gasteiger partial charge on any atom is 0.272 e. The van der Waals surface area contributed by atoms with Gasteiger partial charge in [-0.05, 0) is 57.9 Å². The number of ether oxygens (including phenoxy) is 2. The molecule has 1 heterocycles. The number of hydrogen-bond donors (Lipinski definition) is 1. The number of nitrogens with zero attached hydrogens (tertiary/aromatic N) is 3. The van der Waals surface area contributed by atoms with E-state index in [1.165, 1.54) is 25.5 Å². The number of nitro groups is 1. The predicted octanol–water partition coefficient (Wildman–Crippen LogP) is 6.92. The van der Waals surface area contributed by atoms with Gasteiger partial charge in [0, 0.05) is 33.1 Å². The Kier molecular flexibility index (Phi) is 8.31. The van der Waals surface area contributed by atoms with Crippen molar-refractivity contribution < 1.29 is 19.2 Å². The molecule has 204 valence electrons. The molecule has 1 N–H and O–H groups in total. The zero-order chi connectivity index (χ0) is 28.8. The first-order valence-corrected chi connectivity index (χ1v) is 13.2. The molecule has 0 saturated carbocycles. The zero-order valence-corrected chi connectivity index (χ0v) is 23.4. The fourth-order valence-electron chi connectivity index (χ4n) is 4.14. The van der Waals surface area contributed by atoms with E-state index in [9.17, 15) is 14.9 Å². The first-order valence-electron chi connectivity index (χ1n) is 12.4. The first kappa shape index (κ1) is 27.5. The molecule has 0 unspecified atom stereocenters. The van der Waals surface area contributed by atoms with Crippen LogP contribution in [-0.4, -0.2) is 29.1 Å². The van der Waals surface area contributed by atoms with Gasteiger partial charge >= 0.3 is 0 Å². The van der Waals surface area contributed by atoms with Crippen molar-refractivity contribution in [1.82, 2.24) is 10.4 Å². The highest BCUT2D eigenvalue weighted by Gasteiger charge is 2.14. The third-order valence-corrected chi connectivity index (χ3v) is 6.91. The molecule has 0 aliphatic heterocycles. The lowest BCUT2D eigenvalue weighted by Gasteiger charge is -2.13. The van der Waals surface area contributed by atoms with Crippen LogP contribution in [0.15, 0.2) is 107 Å². The summed E-state index contributed by atoms with van der Waals surface area (Å²) in [4.78, 5) is 28.4. The number of non-ortho nitro benzene ring substituents is 1. The number of pyridine rings is 1. The monoisotopic (exact) mass is 610 g/mol. The molecule has 1 amide bonds. The third kappa shape index (κ3) is 6.39. The summed E-state index contributed by atoms with van der Waals surface area (Å²) in [7, 11) is 1.52. The van der Waals surface area contributed by atoms with E-state index in [1.807, 2.05) is 54.6 Å². The van der Waals surface area contributed by atoms with Crippen molar-refractivity contribution in [2.24, 2.45) is 5.10 Å². The van der Waals surface area contributed by atoms with Gasteiger partial charge in [0.2, 0.25) is 0 Å². The topological polar surface area (TPSA) is 116 Å². The number of fused-ring (bicyclic) bond motifs is 1. The molecule has 0 aliphatic carbocycles. The van der Waals surface area contributed by atoms with E-state index in [2.05, 4.69) is 26.5 Å². The van der Waals surface area contributed by atoms with Crippen molar-refractivity contribution in [2.45, 2.75) is 6.61 Å². The Morgan fingerprint density at radius 1 is 1.00 bits per heavy atom. The summed E-state index contributed by atoms with van der Waals surface area (Å²) in [6.07, 6.45) is 1.51. The maximum atomic E-state index is 13.2. The van der Waals surface area contributed by atoms with E-state index >= 15 is 0 Å². The first-order chi connectivity index (χ1) is 19.9. The van der Waals surface area contributed by atoms with Crippen LogP contribution in [0.2, 0.25) is 0 Å². The normalized spacial score (nSPS) is 11.0. The molecule has 1 aromatic heterocycles. The van der Waals surface area contributed by atoms with Crippen LogP contribution in [0.3, 0.4) is 0 Å². The van der Waals surface area contributed by atoms with E-state index < -0.39 is 4.92 Å². The predicted molar refractivity (Wildman–Crippen MR) is 160 cm³/mol. The summed E-state index contributed by atoms with van der Waals surface area (Å²) in [5.41, 5.74) is 6.80. The largest absolute Gasteiger partial charge is 0.493 e. The highest BCUT2D eigenvalue weighted by molar-refractivity contribution is 9.10. The van der Waals surface area contributed by atoms with Crippen LogP contribution in [0.5, 0.6) is 11.5 Å². The van der Waals surface area contributed by atoms with Crippen LogP contribution in [0.25, 0.3) is 22.2 Å². The molecule has 0 atom stereocenters. The molecule has 4 aromatic carbocycles. The number of rotatable bonds is 9. The smallest absolute Gasteiger partial charge is 0.272 e. The molecule has 10 heteroatoms. The minimum atomic E-state index is -0.450. The van der Waals surface area contributed by atoms with Gasteiger partial charge in [0.1, 0.15) is 6.61 Å². The Bertz CT molecular complexity index is 1760. The number of nitrogens with one attached hydrogen (secondary N) is 1. The molecule has 0 saturated heterocycles. The standard InChI is InChI=1S/C31H23BrN4O5/c1-40-29-15-22(26(32)17-30(29)41-19-20-11-13-23(14-12-20)36(38)39)18-33-35-31(37)25-16-28(21-7-3-2-4-8-21)34-27-10-6-5-9-24(25)27/h2-18H,19H2,1H3,(H,35,37)/b33-18+. The summed E-state index contributed by atoms with van der Waals surface area (Å²) in [5, 5.41) is 15.8. The molecule has 9 nitrogen and oxygen atoms in total. The Hall–Kier alpha value is -5.09. The highest BCUT2D eigenvalue weighted by atomic mass is 79.9. The number of halogens is 1. The number of carbonyl (C=O) groups is 1. The summed E-state index contributed by atoms with van der Waals surface area (Å²) >= 11 is 3.52. The number of methoxy groups -OCH3 is 1. The molecule has 5 aromatic rings. The summed E-state index contributed by atoms with van der Waals surface area (Å²) < 4.78 is 12.0. The van der Waals surface area contributed by atoms with Gasteiger partial charge in [-0.1, -0.05) is 48.5 Å². The number of hydrazone groups is 1. The number of nitro benzene ring substituents is 1. The zero-order valence-electron chi connectivity index (χ0n) is 21.8. The van der Waals surface area contributed by atoms with Gasteiger partial charge in [-0.2, -0.15) is 5.10 Å². The van der Waals surface area contributed by atoms with Crippen LogP contribution in [0, 0.1) is 10.1 Å². The minimum absolute atomic E-state index is 0.0126. The van der Waals surface area contributed by atoms with Crippen LogP contribution in [0.1, 0.15) is 21.5 Å². The Labute approximate surface area is 243 Å². The van der Waals surface area contributed by atoms with Crippen molar-refractivity contribution in [2.75, 3.05) is 7.11 Å². The molecule has 5 rings (SSSR count). The van der Waals surface area contributed by atoms with E-state index in [-0.39, 0.29) is 18.2 Å². The number of aromatic nitrogens is 1. The van der Waals surface area contributed by atoms with E-state index in [4.69, 9.17) is 14.5 Å². The van der Waals surface area contributed by atoms with Gasteiger partial charge in [-0.3, -0.25) is 14.9 Å². The molecule has 0 fully saturated rings. The van der Waals surface area contributed by atoms with Crippen molar-refractivity contribution >= 4 is 44.6 Å². The lowest BCUT2D eigenvalue weighted by molar-refractivity contribution is -0.384. The summed E-state index contributed by atoms with van der Waals surface area (Å²) in [5.74, 6) is 0.550. The van der Waals surface area contributed by atoms with Gasteiger partial charge < -0.3 is 9.47 Å². The molecule has 41 heavy (non-hydrogen) atoms. The number of para-hydroxylation sites is 1. The molecule has 0 bridgehead atoms. The maximum absolute atomic E-state index is 13.2.